The number of halogens is 2. The molecule has 0 amide bonds. The largest absolute Gasteiger partial charge is 0.167 e. The molecule has 0 rings (SSSR count). The Bertz CT molecular complexity index is 55.2. The van der Waals surface area contributed by atoms with E-state index < -0.39 is 7.38 Å². The van der Waals surface area contributed by atoms with E-state index in [0.29, 0.717) is 0 Å². The summed E-state index contributed by atoms with van der Waals surface area (Å²) in [6.07, 6.45) is 0. The lowest BCUT2D eigenvalue weighted by Gasteiger charge is -2.13. The van der Waals surface area contributed by atoms with Crippen LogP contribution < -0.4 is 0 Å². The molecular formula is C4H10Cl2Si. The van der Waals surface area contributed by atoms with Crippen LogP contribution in [-0.2, 0) is 0 Å². The van der Waals surface area contributed by atoms with Gasteiger partial charge in [-0.1, -0.05) is 20.0 Å². The molecule has 0 nitrogen and oxygen atoms in total. The first kappa shape index (κ1) is 7.80. The fourth-order valence-corrected chi connectivity index (χ4v) is 0. The predicted molar refractivity (Wildman–Crippen MR) is 38.7 cm³/mol. The highest BCUT2D eigenvalue weighted by molar-refractivity contribution is 7.22. The third-order valence-corrected chi connectivity index (χ3v) is 5.79. The van der Waals surface area contributed by atoms with Gasteiger partial charge in [0, 0.05) is 5.00 Å². The summed E-state index contributed by atoms with van der Waals surface area (Å²) >= 11 is 11.6. The summed E-state index contributed by atoms with van der Waals surface area (Å²) in [6.45, 7) is 6.01. The van der Waals surface area contributed by atoms with Crippen molar-refractivity contribution in [1.82, 2.24) is 0 Å². The van der Waals surface area contributed by atoms with Gasteiger partial charge in [-0.3, -0.25) is 0 Å². The molecule has 0 saturated heterocycles. The maximum absolute atomic E-state index is 5.87. The van der Waals surface area contributed by atoms with Crippen molar-refractivity contribution in [3.63, 3.8) is 0 Å². The lowest BCUT2D eigenvalue weighted by atomic mass is 11.0. The second kappa shape index (κ2) is 2.38. The molecule has 1 unspecified atom stereocenters. The zero-order chi connectivity index (χ0) is 6.08. The van der Waals surface area contributed by atoms with E-state index in [4.69, 9.17) is 22.7 Å². The monoisotopic (exact) mass is 156 g/mol. The van der Waals surface area contributed by atoms with Gasteiger partial charge in [-0.15, -0.1) is 11.6 Å². The van der Waals surface area contributed by atoms with Crippen LogP contribution in [0, 0.1) is 0 Å². The SMILES string of the molecule is CC(Cl)[Si](C)(C)Cl. The third kappa shape index (κ3) is 3.39. The molecule has 0 aromatic rings. The van der Waals surface area contributed by atoms with E-state index in [1.807, 2.05) is 20.0 Å². The average Bonchev–Trinajstić information content (AvgIpc) is 1.31. The minimum atomic E-state index is -1.50. The molecule has 0 aliphatic heterocycles. The molecule has 0 saturated carbocycles. The number of hydrogen-bond acceptors (Lipinski definition) is 0. The maximum atomic E-state index is 5.87. The van der Waals surface area contributed by atoms with Crippen molar-refractivity contribution in [1.29, 1.82) is 0 Å². The van der Waals surface area contributed by atoms with Gasteiger partial charge in [0.1, 0.15) is 0 Å². The molecule has 7 heavy (non-hydrogen) atoms. The van der Waals surface area contributed by atoms with Crippen LogP contribution in [0.15, 0.2) is 0 Å². The average molecular weight is 157 g/mol. The van der Waals surface area contributed by atoms with E-state index >= 15 is 0 Å². The zero-order valence-electron chi connectivity index (χ0n) is 4.83. The van der Waals surface area contributed by atoms with E-state index in [9.17, 15) is 0 Å². The summed E-state index contributed by atoms with van der Waals surface area (Å²) in [4.78, 5) is 0. The first-order chi connectivity index (χ1) is 2.94. The highest BCUT2D eigenvalue weighted by Gasteiger charge is 2.23. The molecule has 0 heterocycles. The minimum Gasteiger partial charge on any atom is -0.166 e. The summed E-state index contributed by atoms with van der Waals surface area (Å²) in [5.74, 6) is 0. The van der Waals surface area contributed by atoms with Gasteiger partial charge in [-0.05, 0) is 0 Å². The van der Waals surface area contributed by atoms with E-state index in [-0.39, 0.29) is 5.00 Å². The van der Waals surface area contributed by atoms with Gasteiger partial charge >= 0.3 is 0 Å². The molecule has 3 heteroatoms. The van der Waals surface area contributed by atoms with E-state index in [2.05, 4.69) is 0 Å². The molecule has 0 spiro atoms. The smallest absolute Gasteiger partial charge is 0.166 e. The number of alkyl halides is 1. The van der Waals surface area contributed by atoms with Crippen LogP contribution in [0.3, 0.4) is 0 Å². The molecule has 0 radical (unpaired) electrons. The molecule has 0 N–H and O–H groups in total. The van der Waals surface area contributed by atoms with E-state index in [1.165, 1.54) is 0 Å². The van der Waals surface area contributed by atoms with Crippen molar-refractivity contribution in [2.75, 3.05) is 0 Å². The highest BCUT2D eigenvalue weighted by Crippen LogP contribution is 2.17. The molecule has 0 aromatic carbocycles. The molecule has 1 atom stereocenters. The standard InChI is InChI=1S/C4H10Cl2Si/c1-4(5)7(2,3)6/h4H,1-3H3. The van der Waals surface area contributed by atoms with Crippen LogP contribution in [0.5, 0.6) is 0 Å². The van der Waals surface area contributed by atoms with E-state index in [1.54, 1.807) is 0 Å². The van der Waals surface area contributed by atoms with Gasteiger partial charge in [0.15, 0.2) is 7.38 Å². The fourth-order valence-electron chi connectivity index (χ4n) is 0. The van der Waals surface area contributed by atoms with Gasteiger partial charge in [-0.25, -0.2) is 0 Å². The number of hydrogen-bond donors (Lipinski definition) is 0. The Hall–Kier alpha value is 0.797. The normalized spacial score (nSPS) is 16.7. The Balaban J connectivity index is 3.54. The summed E-state index contributed by atoms with van der Waals surface area (Å²) < 4.78 is 0. The van der Waals surface area contributed by atoms with Gasteiger partial charge in [0.25, 0.3) is 0 Å². The van der Waals surface area contributed by atoms with Crippen molar-refractivity contribution in [2.45, 2.75) is 25.0 Å². The van der Waals surface area contributed by atoms with Crippen molar-refractivity contribution in [3.05, 3.63) is 0 Å². The summed E-state index contributed by atoms with van der Waals surface area (Å²) in [5.41, 5.74) is 0. The van der Waals surface area contributed by atoms with Gasteiger partial charge < -0.3 is 0 Å². The van der Waals surface area contributed by atoms with Crippen molar-refractivity contribution in [3.8, 4) is 0 Å². The Morgan fingerprint density at radius 2 is 1.57 bits per heavy atom. The summed E-state index contributed by atoms with van der Waals surface area (Å²) in [6, 6.07) is 0. The van der Waals surface area contributed by atoms with Gasteiger partial charge in [-0.2, -0.15) is 11.1 Å². The molecule has 44 valence electrons. The highest BCUT2D eigenvalue weighted by atomic mass is 35.6. The second-order valence-corrected chi connectivity index (χ2v) is 10.1. The maximum Gasteiger partial charge on any atom is 0.167 e. The quantitative estimate of drug-likeness (QED) is 0.312. The Morgan fingerprint density at radius 1 is 1.43 bits per heavy atom. The molecule has 0 fully saturated rings. The Morgan fingerprint density at radius 3 is 1.57 bits per heavy atom. The lowest BCUT2D eigenvalue weighted by Crippen LogP contribution is -2.28. The molecule has 0 aliphatic rings. The van der Waals surface area contributed by atoms with Crippen molar-refractivity contribution in [2.24, 2.45) is 0 Å². The van der Waals surface area contributed by atoms with Crippen LogP contribution in [0.1, 0.15) is 6.92 Å². The fraction of sp³-hybridized carbons (Fsp3) is 1.00. The second-order valence-electron chi connectivity index (χ2n) is 2.18. The molecule has 0 aliphatic carbocycles. The molecule has 0 aromatic heterocycles. The van der Waals surface area contributed by atoms with Gasteiger partial charge in [0.05, 0.1) is 0 Å². The van der Waals surface area contributed by atoms with Crippen molar-refractivity contribution >= 4 is 30.1 Å². The van der Waals surface area contributed by atoms with Crippen LogP contribution in [0.4, 0.5) is 0 Å². The number of rotatable bonds is 1. The van der Waals surface area contributed by atoms with E-state index in [0.717, 1.165) is 0 Å². The molecular weight excluding hydrogens is 147 g/mol. The molecule has 0 bridgehead atoms. The zero-order valence-corrected chi connectivity index (χ0v) is 7.35. The van der Waals surface area contributed by atoms with Crippen LogP contribution in [-0.4, -0.2) is 12.4 Å². The predicted octanol–water partition coefficient (Wildman–Crippen LogP) is 2.60. The van der Waals surface area contributed by atoms with Crippen LogP contribution >= 0.6 is 22.7 Å². The first-order valence-electron chi connectivity index (χ1n) is 2.27. The van der Waals surface area contributed by atoms with Crippen LogP contribution in [0.2, 0.25) is 13.1 Å². The first-order valence-corrected chi connectivity index (χ1v) is 6.80. The van der Waals surface area contributed by atoms with Crippen molar-refractivity contribution < 1.29 is 0 Å². The van der Waals surface area contributed by atoms with Gasteiger partial charge in [0.2, 0.25) is 0 Å². The summed E-state index contributed by atoms with van der Waals surface area (Å²) in [5, 5.41) is 0.175. The lowest BCUT2D eigenvalue weighted by molar-refractivity contribution is 1.31. The third-order valence-electron chi connectivity index (χ3n) is 0.946. The Labute approximate surface area is 55.5 Å². The minimum absolute atomic E-state index is 0.175. The topological polar surface area (TPSA) is 0 Å². The summed E-state index contributed by atoms with van der Waals surface area (Å²) in [7, 11) is -1.50. The Kier molecular flexibility index (Phi) is 2.65. The van der Waals surface area contributed by atoms with Crippen LogP contribution in [0.25, 0.3) is 0 Å².